The topological polar surface area (TPSA) is 34.9 Å². The van der Waals surface area contributed by atoms with Gasteiger partial charge in [-0.3, -0.25) is 4.79 Å². The van der Waals surface area contributed by atoms with Gasteiger partial charge in [0.25, 0.3) is 5.56 Å². The number of nitrogens with zero attached hydrogens (tertiary/aromatic N) is 2. The molecule has 72 valence electrons. The Balaban J connectivity index is 3.02. The van der Waals surface area contributed by atoms with Crippen LogP contribution in [0.1, 0.15) is 5.69 Å². The summed E-state index contributed by atoms with van der Waals surface area (Å²) >= 11 is 3.37. The van der Waals surface area contributed by atoms with E-state index in [1.807, 2.05) is 25.1 Å². The van der Waals surface area contributed by atoms with Gasteiger partial charge in [-0.05, 0) is 25.1 Å². The lowest BCUT2D eigenvalue weighted by atomic mass is 10.1. The van der Waals surface area contributed by atoms with Gasteiger partial charge in [-0.25, -0.2) is 4.68 Å². The fraction of sp³-hybridized carbons (Fsp3) is 0.200. The maximum Gasteiger partial charge on any atom is 0.274 e. The van der Waals surface area contributed by atoms with Crippen molar-refractivity contribution in [3.05, 3.63) is 38.7 Å². The van der Waals surface area contributed by atoms with E-state index in [9.17, 15) is 4.79 Å². The number of aromatic nitrogens is 2. The van der Waals surface area contributed by atoms with Crippen molar-refractivity contribution in [1.82, 2.24) is 9.78 Å². The lowest BCUT2D eigenvalue weighted by Crippen LogP contribution is -2.20. The third kappa shape index (κ3) is 1.35. The van der Waals surface area contributed by atoms with Crippen molar-refractivity contribution in [2.75, 3.05) is 0 Å². The van der Waals surface area contributed by atoms with Crippen LogP contribution in [0, 0.1) is 6.92 Å². The van der Waals surface area contributed by atoms with Gasteiger partial charge in [0, 0.05) is 16.9 Å². The van der Waals surface area contributed by atoms with Crippen molar-refractivity contribution in [2.45, 2.75) is 6.92 Å². The standard InChI is InChI=1S/C10H9BrN2O/c1-6-9-5-7(11)3-4-8(9)10(14)13(2)12-6/h3-5H,1-2H3. The van der Waals surface area contributed by atoms with Crippen LogP contribution >= 0.6 is 15.9 Å². The van der Waals surface area contributed by atoms with Gasteiger partial charge >= 0.3 is 0 Å². The molecule has 0 saturated carbocycles. The van der Waals surface area contributed by atoms with Gasteiger partial charge in [0.15, 0.2) is 0 Å². The fourth-order valence-corrected chi connectivity index (χ4v) is 1.86. The van der Waals surface area contributed by atoms with E-state index in [4.69, 9.17) is 0 Å². The minimum absolute atomic E-state index is 0.0573. The fourth-order valence-electron chi connectivity index (χ4n) is 1.50. The molecule has 4 heteroatoms. The number of rotatable bonds is 0. The lowest BCUT2D eigenvalue weighted by molar-refractivity contribution is 0.704. The first-order chi connectivity index (χ1) is 6.59. The molecule has 3 nitrogen and oxygen atoms in total. The second kappa shape index (κ2) is 3.20. The molecule has 0 saturated heterocycles. The minimum Gasteiger partial charge on any atom is -0.267 e. The highest BCUT2D eigenvalue weighted by Crippen LogP contribution is 2.18. The van der Waals surface area contributed by atoms with Gasteiger partial charge in [0.1, 0.15) is 0 Å². The van der Waals surface area contributed by atoms with Crippen molar-refractivity contribution in [3.63, 3.8) is 0 Å². The molecular weight excluding hydrogens is 244 g/mol. The molecule has 0 fully saturated rings. The molecule has 1 aromatic heterocycles. The quantitative estimate of drug-likeness (QED) is 0.719. The number of aryl methyl sites for hydroxylation is 2. The second-order valence-electron chi connectivity index (χ2n) is 3.20. The molecule has 0 aliphatic carbocycles. The third-order valence-corrected chi connectivity index (χ3v) is 2.69. The number of hydrogen-bond acceptors (Lipinski definition) is 2. The number of hydrogen-bond donors (Lipinski definition) is 0. The van der Waals surface area contributed by atoms with Gasteiger partial charge in [-0.1, -0.05) is 15.9 Å². The highest BCUT2D eigenvalue weighted by Gasteiger charge is 2.05. The predicted octanol–water partition coefficient (Wildman–Crippen LogP) is 2.00. The van der Waals surface area contributed by atoms with Crippen LogP contribution in [0.3, 0.4) is 0 Å². The first-order valence-electron chi connectivity index (χ1n) is 4.23. The summed E-state index contributed by atoms with van der Waals surface area (Å²) in [6, 6.07) is 5.60. The first kappa shape index (κ1) is 9.40. The van der Waals surface area contributed by atoms with E-state index in [0.29, 0.717) is 5.39 Å². The number of benzene rings is 1. The van der Waals surface area contributed by atoms with Gasteiger partial charge in [-0.15, -0.1) is 0 Å². The van der Waals surface area contributed by atoms with Crippen molar-refractivity contribution < 1.29 is 0 Å². The van der Waals surface area contributed by atoms with Gasteiger partial charge in [0.2, 0.25) is 0 Å². The Morgan fingerprint density at radius 3 is 2.79 bits per heavy atom. The van der Waals surface area contributed by atoms with Crippen molar-refractivity contribution in [1.29, 1.82) is 0 Å². The summed E-state index contributed by atoms with van der Waals surface area (Å²) in [5, 5.41) is 5.74. The Morgan fingerprint density at radius 2 is 2.07 bits per heavy atom. The van der Waals surface area contributed by atoms with Gasteiger partial charge in [-0.2, -0.15) is 5.10 Å². The Labute approximate surface area is 89.5 Å². The smallest absolute Gasteiger partial charge is 0.267 e. The van der Waals surface area contributed by atoms with E-state index in [1.54, 1.807) is 7.05 Å². The van der Waals surface area contributed by atoms with Crippen LogP contribution in [-0.2, 0) is 7.05 Å². The van der Waals surface area contributed by atoms with E-state index in [2.05, 4.69) is 21.0 Å². The molecule has 0 aliphatic heterocycles. The van der Waals surface area contributed by atoms with Crippen LogP contribution in [0.25, 0.3) is 10.8 Å². The van der Waals surface area contributed by atoms with E-state index < -0.39 is 0 Å². The summed E-state index contributed by atoms with van der Waals surface area (Å²) in [4.78, 5) is 11.7. The lowest BCUT2D eigenvalue weighted by Gasteiger charge is -2.04. The summed E-state index contributed by atoms with van der Waals surface area (Å²) in [5.41, 5.74) is 0.807. The zero-order valence-corrected chi connectivity index (χ0v) is 9.50. The third-order valence-electron chi connectivity index (χ3n) is 2.20. The predicted molar refractivity (Wildman–Crippen MR) is 59.4 cm³/mol. The molecule has 0 radical (unpaired) electrons. The van der Waals surface area contributed by atoms with Crippen LogP contribution in [0.4, 0.5) is 0 Å². The Bertz CT molecular complexity index is 560. The molecule has 0 aliphatic rings. The summed E-state index contributed by atoms with van der Waals surface area (Å²) in [6.45, 7) is 1.90. The Morgan fingerprint density at radius 1 is 1.36 bits per heavy atom. The zero-order chi connectivity index (χ0) is 10.3. The molecule has 1 heterocycles. The molecule has 0 spiro atoms. The van der Waals surface area contributed by atoms with Crippen molar-refractivity contribution in [3.8, 4) is 0 Å². The summed E-state index contributed by atoms with van der Waals surface area (Å²) in [6.07, 6.45) is 0. The summed E-state index contributed by atoms with van der Waals surface area (Å²) < 4.78 is 2.33. The summed E-state index contributed by atoms with van der Waals surface area (Å²) in [5.74, 6) is 0. The highest BCUT2D eigenvalue weighted by atomic mass is 79.9. The van der Waals surface area contributed by atoms with Crippen LogP contribution in [0.2, 0.25) is 0 Å². The van der Waals surface area contributed by atoms with Crippen LogP contribution in [0.15, 0.2) is 27.5 Å². The normalized spacial score (nSPS) is 10.8. The molecule has 0 amide bonds. The number of fused-ring (bicyclic) bond motifs is 1. The van der Waals surface area contributed by atoms with Crippen LogP contribution < -0.4 is 5.56 Å². The van der Waals surface area contributed by atoms with Crippen LogP contribution in [0.5, 0.6) is 0 Å². The molecule has 0 N–H and O–H groups in total. The second-order valence-corrected chi connectivity index (χ2v) is 4.12. The average molecular weight is 253 g/mol. The largest absolute Gasteiger partial charge is 0.274 e. The first-order valence-corrected chi connectivity index (χ1v) is 5.02. The van der Waals surface area contributed by atoms with Crippen molar-refractivity contribution >= 4 is 26.7 Å². The van der Waals surface area contributed by atoms with Gasteiger partial charge < -0.3 is 0 Å². The van der Waals surface area contributed by atoms with E-state index >= 15 is 0 Å². The van der Waals surface area contributed by atoms with Gasteiger partial charge in [0.05, 0.1) is 11.1 Å². The number of halogens is 1. The molecular formula is C10H9BrN2O. The maximum atomic E-state index is 11.7. The maximum absolute atomic E-state index is 11.7. The molecule has 0 atom stereocenters. The van der Waals surface area contributed by atoms with E-state index in [0.717, 1.165) is 15.6 Å². The summed E-state index contributed by atoms with van der Waals surface area (Å²) in [7, 11) is 1.66. The zero-order valence-electron chi connectivity index (χ0n) is 7.91. The Kier molecular flexibility index (Phi) is 2.15. The molecule has 1 aromatic carbocycles. The van der Waals surface area contributed by atoms with E-state index in [1.165, 1.54) is 4.68 Å². The van der Waals surface area contributed by atoms with Crippen LogP contribution in [-0.4, -0.2) is 9.78 Å². The molecule has 0 unspecified atom stereocenters. The molecule has 2 aromatic rings. The SMILES string of the molecule is Cc1nn(C)c(=O)c2ccc(Br)cc12. The molecule has 2 rings (SSSR count). The molecule has 0 bridgehead atoms. The minimum atomic E-state index is -0.0573. The Hall–Kier alpha value is -1.16. The van der Waals surface area contributed by atoms with Crippen molar-refractivity contribution in [2.24, 2.45) is 7.05 Å². The monoisotopic (exact) mass is 252 g/mol. The van der Waals surface area contributed by atoms with E-state index in [-0.39, 0.29) is 5.56 Å². The molecule has 14 heavy (non-hydrogen) atoms. The highest BCUT2D eigenvalue weighted by molar-refractivity contribution is 9.10. The average Bonchev–Trinajstić information content (AvgIpc) is 2.14.